The zero-order valence-electron chi connectivity index (χ0n) is 7.44. The van der Waals surface area contributed by atoms with Gasteiger partial charge in [0.05, 0.1) is 21.6 Å². The molecule has 0 amide bonds. The lowest BCUT2D eigenvalue weighted by molar-refractivity contribution is 0.419. The summed E-state index contributed by atoms with van der Waals surface area (Å²) in [5.41, 5.74) is 0.565. The standard InChI is InChI=1S/C10H7NOS2/c1-12-9-7(5-11)3-2-6-4-8(13)14-10(6)9/h2-4,13H,1H3. The molecule has 2 nitrogen and oxygen atoms in total. The lowest BCUT2D eigenvalue weighted by Gasteiger charge is -2.02. The van der Waals surface area contributed by atoms with Gasteiger partial charge in [-0.05, 0) is 17.5 Å². The molecule has 2 aromatic rings. The second kappa shape index (κ2) is 3.52. The molecule has 0 unspecified atom stereocenters. The van der Waals surface area contributed by atoms with Gasteiger partial charge in [0, 0.05) is 0 Å². The largest absolute Gasteiger partial charge is 0.494 e. The maximum Gasteiger partial charge on any atom is 0.154 e. The normalized spacial score (nSPS) is 10.1. The van der Waals surface area contributed by atoms with Crippen LogP contribution in [-0.4, -0.2) is 7.11 Å². The fraction of sp³-hybridized carbons (Fsp3) is 0.100. The molecule has 0 aliphatic rings. The van der Waals surface area contributed by atoms with E-state index in [2.05, 4.69) is 18.7 Å². The van der Waals surface area contributed by atoms with Crippen molar-refractivity contribution in [3.05, 3.63) is 23.8 Å². The van der Waals surface area contributed by atoms with Crippen LogP contribution in [0.5, 0.6) is 5.75 Å². The third kappa shape index (κ3) is 1.35. The summed E-state index contributed by atoms with van der Waals surface area (Å²) in [5, 5.41) is 9.94. The van der Waals surface area contributed by atoms with E-state index in [1.54, 1.807) is 13.2 Å². The van der Waals surface area contributed by atoms with Crippen molar-refractivity contribution in [1.82, 2.24) is 0 Å². The number of methoxy groups -OCH3 is 1. The Hall–Kier alpha value is -1.18. The van der Waals surface area contributed by atoms with Crippen LogP contribution >= 0.6 is 24.0 Å². The first kappa shape index (κ1) is 9.38. The summed E-state index contributed by atoms with van der Waals surface area (Å²) in [6, 6.07) is 7.74. The Bertz CT molecular complexity index is 525. The Balaban J connectivity index is 2.84. The van der Waals surface area contributed by atoms with Crippen molar-refractivity contribution in [3.63, 3.8) is 0 Å². The molecule has 0 fully saturated rings. The number of rotatable bonds is 1. The van der Waals surface area contributed by atoms with Gasteiger partial charge in [-0.15, -0.1) is 24.0 Å². The highest BCUT2D eigenvalue weighted by Gasteiger charge is 2.10. The van der Waals surface area contributed by atoms with E-state index in [1.807, 2.05) is 12.1 Å². The van der Waals surface area contributed by atoms with Crippen LogP contribution in [0.25, 0.3) is 10.1 Å². The third-order valence-electron chi connectivity index (χ3n) is 1.95. The summed E-state index contributed by atoms with van der Waals surface area (Å²) in [4.78, 5) is 0. The van der Waals surface area contributed by atoms with Crippen LogP contribution in [0.2, 0.25) is 0 Å². The fourth-order valence-corrected chi connectivity index (χ4v) is 2.69. The van der Waals surface area contributed by atoms with E-state index >= 15 is 0 Å². The number of fused-ring (bicyclic) bond motifs is 1. The lowest BCUT2D eigenvalue weighted by Crippen LogP contribution is -1.86. The molecule has 1 heterocycles. The Morgan fingerprint density at radius 1 is 1.50 bits per heavy atom. The zero-order chi connectivity index (χ0) is 10.1. The van der Waals surface area contributed by atoms with Crippen LogP contribution in [0.4, 0.5) is 0 Å². The Kier molecular flexibility index (Phi) is 2.36. The molecule has 0 saturated heterocycles. The number of thiophene rings is 1. The van der Waals surface area contributed by atoms with Gasteiger partial charge in [0.25, 0.3) is 0 Å². The average molecular weight is 221 g/mol. The van der Waals surface area contributed by atoms with Crippen LogP contribution < -0.4 is 4.74 Å². The topological polar surface area (TPSA) is 33.0 Å². The molecule has 0 N–H and O–H groups in total. The van der Waals surface area contributed by atoms with Gasteiger partial charge in [-0.25, -0.2) is 0 Å². The summed E-state index contributed by atoms with van der Waals surface area (Å²) in [5.74, 6) is 0.648. The molecule has 0 radical (unpaired) electrons. The van der Waals surface area contributed by atoms with Crippen molar-refractivity contribution < 1.29 is 4.74 Å². The molecule has 14 heavy (non-hydrogen) atoms. The maximum absolute atomic E-state index is 8.87. The number of nitriles is 1. The Morgan fingerprint density at radius 2 is 2.29 bits per heavy atom. The first-order valence-electron chi connectivity index (χ1n) is 3.96. The number of nitrogens with zero attached hydrogens (tertiary/aromatic N) is 1. The highest BCUT2D eigenvalue weighted by molar-refractivity contribution is 7.83. The summed E-state index contributed by atoms with van der Waals surface area (Å²) in [7, 11) is 1.58. The van der Waals surface area contributed by atoms with E-state index in [-0.39, 0.29) is 0 Å². The first-order chi connectivity index (χ1) is 6.76. The van der Waals surface area contributed by atoms with Crippen molar-refractivity contribution in [3.8, 4) is 11.8 Å². The minimum Gasteiger partial charge on any atom is -0.494 e. The summed E-state index contributed by atoms with van der Waals surface area (Å²) in [6.45, 7) is 0. The molecule has 0 aliphatic carbocycles. The predicted molar refractivity (Wildman–Crippen MR) is 60.3 cm³/mol. The van der Waals surface area contributed by atoms with Gasteiger partial charge in [-0.1, -0.05) is 6.07 Å². The summed E-state index contributed by atoms with van der Waals surface area (Å²) >= 11 is 5.79. The van der Waals surface area contributed by atoms with E-state index in [0.29, 0.717) is 11.3 Å². The monoisotopic (exact) mass is 221 g/mol. The van der Waals surface area contributed by atoms with Crippen LogP contribution in [0.3, 0.4) is 0 Å². The Labute approximate surface area is 91.1 Å². The average Bonchev–Trinajstić information content (AvgIpc) is 2.56. The first-order valence-corrected chi connectivity index (χ1v) is 5.22. The molecule has 1 aromatic carbocycles. The van der Waals surface area contributed by atoms with Gasteiger partial charge in [-0.2, -0.15) is 5.26 Å². The van der Waals surface area contributed by atoms with E-state index in [9.17, 15) is 0 Å². The number of hydrogen-bond acceptors (Lipinski definition) is 4. The summed E-state index contributed by atoms with van der Waals surface area (Å²) in [6.07, 6.45) is 0. The minimum atomic E-state index is 0.565. The van der Waals surface area contributed by atoms with Gasteiger partial charge >= 0.3 is 0 Å². The number of hydrogen-bond donors (Lipinski definition) is 1. The van der Waals surface area contributed by atoms with Crippen molar-refractivity contribution >= 4 is 34.1 Å². The molecule has 1 aromatic heterocycles. The number of benzene rings is 1. The molecule has 4 heteroatoms. The van der Waals surface area contributed by atoms with Gasteiger partial charge in [0.1, 0.15) is 6.07 Å². The van der Waals surface area contributed by atoms with Crippen molar-refractivity contribution in [2.24, 2.45) is 0 Å². The van der Waals surface area contributed by atoms with E-state index in [4.69, 9.17) is 10.00 Å². The van der Waals surface area contributed by atoms with Gasteiger partial charge in [0.15, 0.2) is 5.75 Å². The molecular weight excluding hydrogens is 214 g/mol. The van der Waals surface area contributed by atoms with E-state index < -0.39 is 0 Å². The SMILES string of the molecule is COc1c(C#N)ccc2cc(S)sc12. The van der Waals surface area contributed by atoms with Crippen molar-refractivity contribution in [1.29, 1.82) is 5.26 Å². The molecule has 0 atom stereocenters. The van der Waals surface area contributed by atoms with Gasteiger partial charge in [0.2, 0.25) is 0 Å². The van der Waals surface area contributed by atoms with E-state index in [1.165, 1.54) is 11.3 Å². The Morgan fingerprint density at radius 3 is 2.93 bits per heavy atom. The van der Waals surface area contributed by atoms with Crippen LogP contribution in [0.1, 0.15) is 5.56 Å². The molecule has 0 spiro atoms. The second-order valence-electron chi connectivity index (χ2n) is 2.76. The molecular formula is C10H7NOS2. The van der Waals surface area contributed by atoms with Gasteiger partial charge in [-0.3, -0.25) is 0 Å². The van der Waals surface area contributed by atoms with Crippen molar-refractivity contribution in [2.45, 2.75) is 4.21 Å². The highest BCUT2D eigenvalue weighted by atomic mass is 32.2. The number of ether oxygens (including phenoxy) is 1. The third-order valence-corrected chi connectivity index (χ3v) is 3.31. The minimum absolute atomic E-state index is 0.565. The molecule has 0 saturated carbocycles. The molecule has 2 rings (SSSR count). The van der Waals surface area contributed by atoms with Crippen LogP contribution in [-0.2, 0) is 0 Å². The van der Waals surface area contributed by atoms with Gasteiger partial charge < -0.3 is 4.74 Å². The van der Waals surface area contributed by atoms with Crippen LogP contribution in [0, 0.1) is 11.3 Å². The smallest absolute Gasteiger partial charge is 0.154 e. The highest BCUT2D eigenvalue weighted by Crippen LogP contribution is 2.37. The second-order valence-corrected chi connectivity index (χ2v) is 4.60. The quantitative estimate of drug-likeness (QED) is 0.751. The molecule has 70 valence electrons. The fourth-order valence-electron chi connectivity index (χ4n) is 1.35. The van der Waals surface area contributed by atoms with E-state index in [0.717, 1.165) is 14.3 Å². The van der Waals surface area contributed by atoms with Crippen molar-refractivity contribution in [2.75, 3.05) is 7.11 Å². The molecule has 0 aliphatic heterocycles. The summed E-state index contributed by atoms with van der Waals surface area (Å²) < 4.78 is 7.12. The zero-order valence-corrected chi connectivity index (χ0v) is 9.15. The number of thiol groups is 1. The lowest BCUT2D eigenvalue weighted by atomic mass is 10.2. The maximum atomic E-state index is 8.87. The molecule has 0 bridgehead atoms. The predicted octanol–water partition coefficient (Wildman–Crippen LogP) is 3.07. The van der Waals surface area contributed by atoms with Crippen LogP contribution in [0.15, 0.2) is 22.4 Å².